The van der Waals surface area contributed by atoms with Crippen molar-refractivity contribution in [3.05, 3.63) is 51.8 Å². The fourth-order valence-corrected chi connectivity index (χ4v) is 6.60. The number of benzene rings is 1. The topological polar surface area (TPSA) is 166 Å². The van der Waals surface area contributed by atoms with E-state index >= 15 is 0 Å². The predicted octanol–water partition coefficient (Wildman–Crippen LogP) is 0.0358. The maximum atomic E-state index is 13.0. The lowest BCUT2D eigenvalue weighted by Gasteiger charge is -2.33. The van der Waals surface area contributed by atoms with Gasteiger partial charge in [-0.25, -0.2) is 16.8 Å². The second-order valence-corrected chi connectivity index (χ2v) is 10.8. The van der Waals surface area contributed by atoms with Crippen LogP contribution in [-0.4, -0.2) is 67.0 Å². The zero-order valence-corrected chi connectivity index (χ0v) is 18.4. The van der Waals surface area contributed by atoms with Crippen LogP contribution in [-0.2, 0) is 27.1 Å². The summed E-state index contributed by atoms with van der Waals surface area (Å²) >= 11 is 0. The normalized spacial score (nSPS) is 16.3. The van der Waals surface area contributed by atoms with E-state index in [1.165, 1.54) is 49.0 Å². The van der Waals surface area contributed by atoms with Crippen molar-refractivity contribution < 1.29 is 26.6 Å². The summed E-state index contributed by atoms with van der Waals surface area (Å²) < 4.78 is 55.3. The minimum absolute atomic E-state index is 0.0193. The maximum absolute atomic E-state index is 13.0. The number of hydrogen-bond donors (Lipinski definition) is 1. The molecule has 0 spiro atoms. The lowest BCUT2D eigenvalue weighted by Crippen LogP contribution is -2.50. The highest BCUT2D eigenvalue weighted by Crippen LogP contribution is 2.28. The Kier molecular flexibility index (Phi) is 5.92. The van der Waals surface area contributed by atoms with Gasteiger partial charge in [0.15, 0.2) is 0 Å². The van der Waals surface area contributed by atoms with Gasteiger partial charge in [0.1, 0.15) is 10.6 Å². The smallest absolute Gasteiger partial charge is 0.273 e. The molecule has 1 aromatic carbocycles. The highest BCUT2D eigenvalue weighted by molar-refractivity contribution is 7.89. The molecule has 1 aliphatic rings. The molecule has 0 radical (unpaired) electrons. The van der Waals surface area contributed by atoms with Gasteiger partial charge in [-0.3, -0.25) is 14.9 Å². The number of primary amides is 1. The SMILES string of the molecule is Cc1c([N+](=O)[O-])cccc1S(=O)(=O)N1CCN(S(=O)(=O)c2cc(C(N)=O)n(C)c2)CC1. The molecule has 1 aliphatic heterocycles. The van der Waals surface area contributed by atoms with Crippen molar-refractivity contribution in [2.45, 2.75) is 16.7 Å². The van der Waals surface area contributed by atoms with Gasteiger partial charge in [-0.1, -0.05) is 6.07 Å². The number of carbonyl (C=O) groups is 1. The molecule has 0 unspecified atom stereocenters. The van der Waals surface area contributed by atoms with Gasteiger partial charge in [0, 0.05) is 51.1 Å². The van der Waals surface area contributed by atoms with Gasteiger partial charge < -0.3 is 10.3 Å². The monoisotopic (exact) mass is 471 g/mol. The van der Waals surface area contributed by atoms with Crippen LogP contribution in [0.4, 0.5) is 5.69 Å². The summed E-state index contributed by atoms with van der Waals surface area (Å²) in [7, 11) is -6.53. The molecule has 1 aromatic heterocycles. The summed E-state index contributed by atoms with van der Waals surface area (Å²) in [5.41, 5.74) is 4.97. The van der Waals surface area contributed by atoms with E-state index in [0.717, 1.165) is 8.61 Å². The zero-order valence-electron chi connectivity index (χ0n) is 16.8. The molecular formula is C17H21N5O7S2. The third-order valence-electron chi connectivity index (χ3n) is 5.14. The number of nitrogens with two attached hydrogens (primary N) is 1. The molecule has 14 heteroatoms. The molecule has 0 saturated carbocycles. The molecule has 31 heavy (non-hydrogen) atoms. The molecule has 12 nitrogen and oxygen atoms in total. The lowest BCUT2D eigenvalue weighted by molar-refractivity contribution is -0.385. The molecule has 0 aliphatic carbocycles. The Morgan fingerprint density at radius 1 is 1.06 bits per heavy atom. The summed E-state index contributed by atoms with van der Waals surface area (Å²) in [6.45, 7) is 0.878. The van der Waals surface area contributed by atoms with Crippen LogP contribution in [0.15, 0.2) is 40.3 Å². The van der Waals surface area contributed by atoms with E-state index in [1.807, 2.05) is 0 Å². The standard InChI is InChI=1S/C17H21N5O7S2/c1-12-14(22(24)25)4-3-5-16(12)31(28,29)21-8-6-20(7-9-21)30(26,27)13-10-15(17(18)23)19(2)11-13/h3-5,10-11H,6-9H2,1-2H3,(H2,18,23). The number of sulfonamides is 2. The number of piperazine rings is 1. The van der Waals surface area contributed by atoms with Crippen molar-refractivity contribution in [2.75, 3.05) is 26.2 Å². The van der Waals surface area contributed by atoms with Crippen molar-refractivity contribution in [1.82, 2.24) is 13.2 Å². The Morgan fingerprint density at radius 3 is 2.10 bits per heavy atom. The second-order valence-electron chi connectivity index (χ2n) is 7.00. The summed E-state index contributed by atoms with van der Waals surface area (Å²) in [5, 5.41) is 11.1. The number of carbonyl (C=O) groups excluding carboxylic acids is 1. The fraction of sp³-hybridized carbons (Fsp3) is 0.353. The van der Waals surface area contributed by atoms with Gasteiger partial charge in [0.2, 0.25) is 20.0 Å². The average molecular weight is 472 g/mol. The number of aryl methyl sites for hydroxylation is 1. The van der Waals surface area contributed by atoms with Crippen LogP contribution in [0, 0.1) is 17.0 Å². The molecule has 2 aromatic rings. The third-order valence-corrected chi connectivity index (χ3v) is 9.04. The molecule has 0 atom stereocenters. The number of amides is 1. The Balaban J connectivity index is 1.82. The number of nitro benzene ring substituents is 1. The van der Waals surface area contributed by atoms with Gasteiger partial charge in [-0.05, 0) is 19.1 Å². The van der Waals surface area contributed by atoms with Gasteiger partial charge in [-0.2, -0.15) is 8.61 Å². The predicted molar refractivity (Wildman–Crippen MR) is 109 cm³/mol. The molecule has 2 heterocycles. The Hall–Kier alpha value is -2.81. The highest BCUT2D eigenvalue weighted by Gasteiger charge is 2.36. The average Bonchev–Trinajstić information content (AvgIpc) is 3.10. The van der Waals surface area contributed by atoms with Crippen molar-refractivity contribution in [1.29, 1.82) is 0 Å². The van der Waals surface area contributed by atoms with Gasteiger partial charge >= 0.3 is 0 Å². The van der Waals surface area contributed by atoms with Gasteiger partial charge in [-0.15, -0.1) is 0 Å². The summed E-state index contributed by atoms with van der Waals surface area (Å²) in [6, 6.07) is 4.98. The van der Waals surface area contributed by atoms with Crippen LogP contribution < -0.4 is 5.73 Å². The summed E-state index contributed by atoms with van der Waals surface area (Å²) in [5.74, 6) is -0.771. The molecule has 2 N–H and O–H groups in total. The van der Waals surface area contributed by atoms with E-state index in [1.54, 1.807) is 0 Å². The summed E-state index contributed by atoms with van der Waals surface area (Å²) in [6.07, 6.45) is 1.27. The Labute approximate surface area is 179 Å². The van der Waals surface area contributed by atoms with Crippen LogP contribution in [0.5, 0.6) is 0 Å². The minimum atomic E-state index is -4.05. The first-order valence-electron chi connectivity index (χ1n) is 9.08. The van der Waals surface area contributed by atoms with Crippen LogP contribution in [0.25, 0.3) is 0 Å². The molecule has 0 bridgehead atoms. The van der Waals surface area contributed by atoms with Gasteiger partial charge in [0.25, 0.3) is 11.6 Å². The first-order valence-corrected chi connectivity index (χ1v) is 12.0. The Bertz CT molecular complexity index is 1260. The molecule has 168 valence electrons. The fourth-order valence-electron chi connectivity index (χ4n) is 3.44. The highest BCUT2D eigenvalue weighted by atomic mass is 32.2. The van der Waals surface area contributed by atoms with Crippen LogP contribution in [0.3, 0.4) is 0 Å². The first-order chi connectivity index (χ1) is 14.4. The molecule has 1 amide bonds. The number of nitrogens with zero attached hydrogens (tertiary/aromatic N) is 4. The Morgan fingerprint density at radius 2 is 1.61 bits per heavy atom. The second kappa shape index (κ2) is 8.03. The molecule has 1 fully saturated rings. The third kappa shape index (κ3) is 4.06. The van der Waals surface area contributed by atoms with Crippen LogP contribution >= 0.6 is 0 Å². The van der Waals surface area contributed by atoms with Crippen molar-refractivity contribution in [3.63, 3.8) is 0 Å². The van der Waals surface area contributed by atoms with Gasteiger partial charge in [0.05, 0.1) is 9.82 Å². The van der Waals surface area contributed by atoms with E-state index in [9.17, 15) is 31.7 Å². The van der Waals surface area contributed by atoms with Crippen molar-refractivity contribution in [2.24, 2.45) is 12.8 Å². The van der Waals surface area contributed by atoms with Crippen molar-refractivity contribution in [3.8, 4) is 0 Å². The first kappa shape index (κ1) is 22.9. The lowest BCUT2D eigenvalue weighted by atomic mass is 10.2. The number of aromatic nitrogens is 1. The van der Waals surface area contributed by atoms with Crippen molar-refractivity contribution >= 4 is 31.6 Å². The summed E-state index contributed by atoms with van der Waals surface area (Å²) in [4.78, 5) is 21.6. The molecular weight excluding hydrogens is 450 g/mol. The van der Waals surface area contributed by atoms with Crippen LogP contribution in [0.1, 0.15) is 16.1 Å². The maximum Gasteiger partial charge on any atom is 0.273 e. The van der Waals surface area contributed by atoms with E-state index in [0.29, 0.717) is 0 Å². The minimum Gasteiger partial charge on any atom is -0.364 e. The quantitative estimate of drug-likeness (QED) is 0.458. The van der Waals surface area contributed by atoms with E-state index in [-0.39, 0.29) is 52.9 Å². The number of rotatable bonds is 6. The number of hydrogen-bond acceptors (Lipinski definition) is 7. The van der Waals surface area contributed by atoms with E-state index in [4.69, 9.17) is 5.73 Å². The van der Waals surface area contributed by atoms with E-state index < -0.39 is 30.9 Å². The largest absolute Gasteiger partial charge is 0.364 e. The molecule has 1 saturated heterocycles. The molecule has 3 rings (SSSR count). The zero-order chi connectivity index (χ0) is 23.1. The number of nitro groups is 1. The van der Waals surface area contributed by atoms with E-state index in [2.05, 4.69) is 0 Å². The van der Waals surface area contributed by atoms with Crippen LogP contribution in [0.2, 0.25) is 0 Å².